The number of hydrogen-bond donors (Lipinski definition) is 1. The average molecular weight is 416 g/mol. The maximum Gasteiger partial charge on any atom is 0.334 e. The lowest BCUT2D eigenvalue weighted by molar-refractivity contribution is -0.145. The fourth-order valence-electron chi connectivity index (χ4n) is 7.63. The number of nitrogens with zero attached hydrogens (tertiary/aromatic N) is 2. The van der Waals surface area contributed by atoms with Crippen LogP contribution in [0.5, 0.6) is 0 Å². The Labute approximate surface area is 177 Å². The highest BCUT2D eigenvalue weighted by Gasteiger charge is 2.52. The molecule has 1 aliphatic heterocycles. The zero-order valence-corrected chi connectivity index (χ0v) is 17.9. The van der Waals surface area contributed by atoms with Gasteiger partial charge in [0.15, 0.2) is 0 Å². The molecule has 7 heteroatoms. The molecule has 0 aromatic heterocycles. The zero-order valence-electron chi connectivity index (χ0n) is 17.9. The minimum absolute atomic E-state index is 0.185. The van der Waals surface area contributed by atoms with Crippen molar-refractivity contribution in [2.45, 2.75) is 77.2 Å². The lowest BCUT2D eigenvalue weighted by atomic mass is 9.49. The van der Waals surface area contributed by atoms with Crippen LogP contribution in [0.4, 0.5) is 4.79 Å². The average Bonchev–Trinajstić information content (AvgIpc) is 2.89. The third-order valence-corrected chi connectivity index (χ3v) is 8.61. The Bertz CT molecular complexity index is 743. The van der Waals surface area contributed by atoms with Crippen LogP contribution in [0.3, 0.4) is 0 Å². The first-order valence-electron chi connectivity index (χ1n) is 11.8. The van der Waals surface area contributed by atoms with Crippen molar-refractivity contribution in [1.29, 1.82) is 0 Å². The van der Waals surface area contributed by atoms with Gasteiger partial charge in [0.2, 0.25) is 5.91 Å². The minimum Gasteiger partial charge on any atom is -0.354 e. The van der Waals surface area contributed by atoms with Crippen molar-refractivity contribution in [3.05, 3.63) is 0 Å². The van der Waals surface area contributed by atoms with Gasteiger partial charge in [-0.25, -0.2) is 9.69 Å². The molecule has 5 saturated carbocycles. The smallest absolute Gasteiger partial charge is 0.334 e. The van der Waals surface area contributed by atoms with Crippen LogP contribution in [0, 0.1) is 29.1 Å². The highest BCUT2D eigenvalue weighted by Crippen LogP contribution is 2.59. The van der Waals surface area contributed by atoms with E-state index in [4.69, 9.17) is 0 Å². The van der Waals surface area contributed by atoms with Crippen LogP contribution in [0.15, 0.2) is 0 Å². The summed E-state index contributed by atoms with van der Waals surface area (Å²) in [6.45, 7) is 2.30. The molecule has 164 valence electrons. The third kappa shape index (κ3) is 3.34. The van der Waals surface area contributed by atoms with E-state index in [-0.39, 0.29) is 29.8 Å². The Hall–Kier alpha value is -1.92. The molecule has 6 aliphatic rings. The summed E-state index contributed by atoms with van der Waals surface area (Å²) in [6, 6.07) is -0.850. The number of carbonyl (C=O) groups is 4. The standard InChI is InChI=1S/C23H33N3O4/c1-14-4-2-3-5-18(14)26-21(29)20(28)25(22(26)30)12-19(27)24-13-23-9-15-6-16(10-23)8-17(7-15)11-23/h14-18H,2-13H2,1H3,(H,24,27)/t14-,15?,16?,17?,18+,23?/m0/s1. The van der Waals surface area contributed by atoms with Gasteiger partial charge < -0.3 is 5.32 Å². The summed E-state index contributed by atoms with van der Waals surface area (Å²) in [4.78, 5) is 52.5. The van der Waals surface area contributed by atoms with Gasteiger partial charge in [-0.3, -0.25) is 19.3 Å². The summed E-state index contributed by atoms with van der Waals surface area (Å²) in [5.74, 6) is 0.633. The van der Waals surface area contributed by atoms with Crippen molar-refractivity contribution in [3.8, 4) is 0 Å². The molecular weight excluding hydrogens is 382 g/mol. The SMILES string of the molecule is C[C@H]1CCCC[C@H]1N1C(=O)C(=O)N(CC(=O)NCC23CC4CC(CC(C4)C2)C3)C1=O. The molecule has 7 nitrogen and oxygen atoms in total. The second kappa shape index (κ2) is 7.34. The van der Waals surface area contributed by atoms with Crippen LogP contribution in [0.1, 0.15) is 71.1 Å². The number of rotatable bonds is 5. The van der Waals surface area contributed by atoms with E-state index >= 15 is 0 Å². The van der Waals surface area contributed by atoms with Gasteiger partial charge in [0.25, 0.3) is 0 Å². The Kier molecular flexibility index (Phi) is 4.90. The molecule has 5 amide bonds. The molecular formula is C23H33N3O4. The van der Waals surface area contributed by atoms with Crippen molar-refractivity contribution in [2.75, 3.05) is 13.1 Å². The second-order valence-corrected chi connectivity index (χ2v) is 10.9. The van der Waals surface area contributed by atoms with Crippen LogP contribution >= 0.6 is 0 Å². The van der Waals surface area contributed by atoms with E-state index in [1.165, 1.54) is 38.5 Å². The molecule has 0 spiro atoms. The largest absolute Gasteiger partial charge is 0.354 e. The van der Waals surface area contributed by atoms with Crippen LogP contribution in [0.2, 0.25) is 0 Å². The number of amides is 5. The summed E-state index contributed by atoms with van der Waals surface area (Å²) >= 11 is 0. The predicted molar refractivity (Wildman–Crippen MR) is 109 cm³/mol. The molecule has 0 unspecified atom stereocenters. The van der Waals surface area contributed by atoms with Gasteiger partial charge in [-0.1, -0.05) is 19.8 Å². The zero-order chi connectivity index (χ0) is 21.0. The van der Waals surface area contributed by atoms with E-state index in [0.29, 0.717) is 6.54 Å². The maximum atomic E-state index is 12.9. The maximum absolute atomic E-state index is 12.9. The van der Waals surface area contributed by atoms with Crippen molar-refractivity contribution < 1.29 is 19.2 Å². The summed E-state index contributed by atoms with van der Waals surface area (Å²) in [5, 5.41) is 3.01. The Morgan fingerprint density at radius 1 is 0.967 bits per heavy atom. The molecule has 6 rings (SSSR count). The fraction of sp³-hybridized carbons (Fsp3) is 0.826. The number of carbonyl (C=O) groups excluding carboxylic acids is 4. The molecule has 1 N–H and O–H groups in total. The van der Waals surface area contributed by atoms with Gasteiger partial charge in [0.1, 0.15) is 6.54 Å². The first kappa shape index (κ1) is 20.0. The van der Waals surface area contributed by atoms with E-state index in [0.717, 1.165) is 53.2 Å². The number of imide groups is 2. The molecule has 0 aromatic rings. The lowest BCUT2D eigenvalue weighted by Crippen LogP contribution is -2.52. The fourth-order valence-corrected chi connectivity index (χ4v) is 7.63. The van der Waals surface area contributed by atoms with Crippen LogP contribution in [0.25, 0.3) is 0 Å². The van der Waals surface area contributed by atoms with Gasteiger partial charge in [0, 0.05) is 12.6 Å². The Balaban J connectivity index is 1.20. The van der Waals surface area contributed by atoms with Crippen LogP contribution in [-0.2, 0) is 14.4 Å². The molecule has 2 atom stereocenters. The first-order valence-corrected chi connectivity index (χ1v) is 11.8. The summed E-state index contributed by atoms with van der Waals surface area (Å²) < 4.78 is 0. The predicted octanol–water partition coefficient (Wildman–Crippen LogP) is 2.69. The molecule has 4 bridgehead atoms. The van der Waals surface area contributed by atoms with Gasteiger partial charge >= 0.3 is 17.8 Å². The van der Waals surface area contributed by atoms with Crippen molar-refractivity contribution in [2.24, 2.45) is 29.1 Å². The summed E-state index contributed by atoms with van der Waals surface area (Å²) in [6.07, 6.45) is 11.3. The molecule has 6 fully saturated rings. The molecule has 5 aliphatic carbocycles. The number of urea groups is 1. The van der Waals surface area contributed by atoms with Gasteiger partial charge in [0.05, 0.1) is 0 Å². The highest BCUT2D eigenvalue weighted by molar-refractivity contribution is 6.45. The monoisotopic (exact) mass is 415 g/mol. The van der Waals surface area contributed by atoms with Crippen molar-refractivity contribution in [3.63, 3.8) is 0 Å². The van der Waals surface area contributed by atoms with E-state index in [9.17, 15) is 19.2 Å². The van der Waals surface area contributed by atoms with E-state index in [1.54, 1.807) is 0 Å². The normalized spacial score (nSPS) is 40.4. The number of nitrogens with one attached hydrogen (secondary N) is 1. The second-order valence-electron chi connectivity index (χ2n) is 10.9. The van der Waals surface area contributed by atoms with Crippen molar-refractivity contribution in [1.82, 2.24) is 15.1 Å². The molecule has 0 radical (unpaired) electrons. The van der Waals surface area contributed by atoms with Crippen molar-refractivity contribution >= 4 is 23.8 Å². The van der Waals surface area contributed by atoms with E-state index < -0.39 is 17.8 Å². The van der Waals surface area contributed by atoms with Gasteiger partial charge in [-0.05, 0) is 80.5 Å². The summed E-state index contributed by atoms with van der Waals surface area (Å²) in [7, 11) is 0. The Morgan fingerprint density at radius 3 is 2.17 bits per heavy atom. The molecule has 1 saturated heterocycles. The quantitative estimate of drug-likeness (QED) is 0.552. The van der Waals surface area contributed by atoms with Gasteiger partial charge in [-0.2, -0.15) is 0 Å². The van der Waals surface area contributed by atoms with E-state index in [2.05, 4.69) is 5.32 Å². The van der Waals surface area contributed by atoms with Crippen LogP contribution in [-0.4, -0.2) is 52.7 Å². The Morgan fingerprint density at radius 2 is 1.57 bits per heavy atom. The summed E-state index contributed by atoms with van der Waals surface area (Å²) in [5.41, 5.74) is 0.197. The molecule has 0 aromatic carbocycles. The van der Waals surface area contributed by atoms with Gasteiger partial charge in [-0.15, -0.1) is 0 Å². The minimum atomic E-state index is -0.859. The topological polar surface area (TPSA) is 86.8 Å². The molecule has 30 heavy (non-hydrogen) atoms. The molecule has 1 heterocycles. The van der Waals surface area contributed by atoms with Crippen LogP contribution < -0.4 is 5.32 Å². The third-order valence-electron chi connectivity index (χ3n) is 8.61. The lowest BCUT2D eigenvalue weighted by Gasteiger charge is -2.56. The highest BCUT2D eigenvalue weighted by atomic mass is 16.2. The first-order chi connectivity index (χ1) is 14.3. The van der Waals surface area contributed by atoms with E-state index in [1.807, 2.05) is 6.92 Å². The number of hydrogen-bond acceptors (Lipinski definition) is 4.